The molecule has 6 nitrogen and oxygen atoms in total. The fraction of sp³-hybridized carbons (Fsp3) is 0.438. The molecule has 22 heavy (non-hydrogen) atoms. The Bertz CT molecular complexity index is 747. The molecule has 0 aliphatic carbocycles. The number of hydrogen-bond donors (Lipinski definition) is 2. The van der Waals surface area contributed by atoms with Crippen LogP contribution in [0.2, 0.25) is 0 Å². The Hall–Kier alpha value is -2.37. The Balaban J connectivity index is 1.79. The Morgan fingerprint density at radius 3 is 2.82 bits per heavy atom. The quantitative estimate of drug-likeness (QED) is 0.886. The Morgan fingerprint density at radius 1 is 1.32 bits per heavy atom. The number of carbonyl (C=O) groups is 1. The van der Waals surface area contributed by atoms with Gasteiger partial charge in [0, 0.05) is 30.4 Å². The molecular formula is C16H20N4O2. The lowest BCUT2D eigenvalue weighted by molar-refractivity contribution is 0.0704. The fourth-order valence-corrected chi connectivity index (χ4v) is 2.96. The highest BCUT2D eigenvalue weighted by Gasteiger charge is 2.27. The number of pyridine rings is 1. The fourth-order valence-electron chi connectivity index (χ4n) is 2.96. The van der Waals surface area contributed by atoms with Crippen LogP contribution in [0.3, 0.4) is 0 Å². The zero-order chi connectivity index (χ0) is 15.7. The van der Waals surface area contributed by atoms with Crippen molar-refractivity contribution < 1.29 is 4.79 Å². The third kappa shape index (κ3) is 2.81. The minimum Gasteiger partial charge on any atom is -0.338 e. The molecule has 1 unspecified atom stereocenters. The maximum atomic E-state index is 12.6. The molecule has 6 heteroatoms. The van der Waals surface area contributed by atoms with Crippen molar-refractivity contribution in [3.05, 3.63) is 51.2 Å². The highest BCUT2D eigenvalue weighted by Crippen LogP contribution is 2.26. The predicted molar refractivity (Wildman–Crippen MR) is 83.0 cm³/mol. The van der Waals surface area contributed by atoms with Crippen molar-refractivity contribution in [2.45, 2.75) is 32.6 Å². The molecule has 0 saturated carbocycles. The summed E-state index contributed by atoms with van der Waals surface area (Å²) in [5.41, 5.74) is 2.67. The van der Waals surface area contributed by atoms with Gasteiger partial charge >= 0.3 is 0 Å². The molecule has 1 atom stereocenters. The van der Waals surface area contributed by atoms with E-state index in [0.717, 1.165) is 29.9 Å². The number of carbonyl (C=O) groups excluding carboxylic acids is 1. The van der Waals surface area contributed by atoms with Crippen LogP contribution in [0.1, 0.15) is 46.2 Å². The van der Waals surface area contributed by atoms with Crippen molar-refractivity contribution in [2.75, 3.05) is 13.1 Å². The summed E-state index contributed by atoms with van der Waals surface area (Å²) in [6.45, 7) is 5.06. The molecule has 0 aromatic carbocycles. The Labute approximate surface area is 128 Å². The average Bonchev–Trinajstić information content (AvgIpc) is 2.93. The van der Waals surface area contributed by atoms with E-state index in [-0.39, 0.29) is 22.9 Å². The van der Waals surface area contributed by atoms with E-state index in [1.807, 2.05) is 13.0 Å². The Kier molecular flexibility index (Phi) is 3.83. The number of nitrogens with zero attached hydrogens (tertiary/aromatic N) is 2. The molecule has 2 aromatic heterocycles. The van der Waals surface area contributed by atoms with Crippen LogP contribution < -0.4 is 5.56 Å². The van der Waals surface area contributed by atoms with Crippen molar-refractivity contribution in [1.82, 2.24) is 20.1 Å². The molecule has 2 N–H and O–H groups in total. The first-order chi connectivity index (χ1) is 10.5. The van der Waals surface area contributed by atoms with Crippen LogP contribution in [0.4, 0.5) is 0 Å². The second kappa shape index (κ2) is 5.79. The summed E-state index contributed by atoms with van der Waals surface area (Å²) < 4.78 is 0. The smallest absolute Gasteiger partial charge is 0.260 e. The number of H-pyrrole nitrogens is 2. The van der Waals surface area contributed by atoms with E-state index in [1.165, 1.54) is 0 Å². The number of amides is 1. The molecule has 116 valence electrons. The van der Waals surface area contributed by atoms with E-state index < -0.39 is 0 Å². The highest BCUT2D eigenvalue weighted by molar-refractivity contribution is 5.93. The van der Waals surface area contributed by atoms with Crippen molar-refractivity contribution in [3.63, 3.8) is 0 Å². The second-order valence-electron chi connectivity index (χ2n) is 5.95. The van der Waals surface area contributed by atoms with Crippen molar-refractivity contribution >= 4 is 5.91 Å². The van der Waals surface area contributed by atoms with Gasteiger partial charge in [0.05, 0.1) is 5.69 Å². The third-order valence-electron chi connectivity index (χ3n) is 4.14. The summed E-state index contributed by atoms with van der Waals surface area (Å²) >= 11 is 0. The van der Waals surface area contributed by atoms with Crippen molar-refractivity contribution in [2.24, 2.45) is 0 Å². The van der Waals surface area contributed by atoms with E-state index >= 15 is 0 Å². The number of likely N-dealkylation sites (tertiary alicyclic amines) is 1. The number of piperidine rings is 1. The second-order valence-corrected chi connectivity index (χ2v) is 5.95. The molecule has 2 aromatic rings. The summed E-state index contributed by atoms with van der Waals surface area (Å²) in [5.74, 6) is 0.0328. The lowest BCUT2D eigenvalue weighted by Gasteiger charge is -2.31. The number of rotatable bonds is 2. The SMILES string of the molecule is Cc1cc(C2CCCN(C(=O)c3ccc(C)[nH]c3=O)C2)n[nH]1. The summed E-state index contributed by atoms with van der Waals surface area (Å²) in [5, 5.41) is 7.25. The van der Waals surface area contributed by atoms with E-state index in [2.05, 4.69) is 15.2 Å². The summed E-state index contributed by atoms with van der Waals surface area (Å²) in [4.78, 5) is 29.0. The van der Waals surface area contributed by atoms with Crippen LogP contribution in [0, 0.1) is 13.8 Å². The number of nitrogens with one attached hydrogen (secondary N) is 2. The molecule has 3 heterocycles. The van der Waals surface area contributed by atoms with Crippen LogP contribution in [0.5, 0.6) is 0 Å². The van der Waals surface area contributed by atoms with Crippen LogP contribution in [0.25, 0.3) is 0 Å². The highest BCUT2D eigenvalue weighted by atomic mass is 16.2. The normalized spacial score (nSPS) is 18.5. The van der Waals surface area contributed by atoms with Gasteiger partial charge in [-0.25, -0.2) is 0 Å². The number of aromatic nitrogens is 3. The van der Waals surface area contributed by atoms with Gasteiger partial charge in [-0.3, -0.25) is 14.7 Å². The minimum atomic E-state index is -0.317. The monoisotopic (exact) mass is 300 g/mol. The topological polar surface area (TPSA) is 81.8 Å². The summed E-state index contributed by atoms with van der Waals surface area (Å²) in [6, 6.07) is 5.39. The molecule has 3 rings (SSSR count). The van der Waals surface area contributed by atoms with Gasteiger partial charge in [0.25, 0.3) is 11.5 Å². The molecule has 1 aliphatic heterocycles. The van der Waals surface area contributed by atoms with Crippen LogP contribution >= 0.6 is 0 Å². The Morgan fingerprint density at radius 2 is 2.14 bits per heavy atom. The zero-order valence-corrected chi connectivity index (χ0v) is 12.8. The minimum absolute atomic E-state index is 0.196. The first-order valence-electron chi connectivity index (χ1n) is 7.55. The molecule has 1 saturated heterocycles. The average molecular weight is 300 g/mol. The van der Waals surface area contributed by atoms with Crippen LogP contribution in [-0.2, 0) is 0 Å². The number of aromatic amines is 2. The van der Waals surface area contributed by atoms with Crippen molar-refractivity contribution in [3.8, 4) is 0 Å². The number of hydrogen-bond acceptors (Lipinski definition) is 3. The van der Waals surface area contributed by atoms with Crippen LogP contribution in [-0.4, -0.2) is 39.1 Å². The first-order valence-corrected chi connectivity index (χ1v) is 7.55. The van der Waals surface area contributed by atoms with Gasteiger partial charge in [0.2, 0.25) is 0 Å². The molecule has 0 radical (unpaired) electrons. The zero-order valence-electron chi connectivity index (χ0n) is 12.8. The lowest BCUT2D eigenvalue weighted by Crippen LogP contribution is -2.41. The van der Waals surface area contributed by atoms with Gasteiger partial charge in [0.15, 0.2) is 0 Å². The molecule has 1 fully saturated rings. The molecule has 0 spiro atoms. The van der Waals surface area contributed by atoms with E-state index in [4.69, 9.17) is 0 Å². The maximum Gasteiger partial charge on any atom is 0.260 e. The maximum absolute atomic E-state index is 12.6. The number of aryl methyl sites for hydroxylation is 2. The van der Waals surface area contributed by atoms with Crippen molar-refractivity contribution in [1.29, 1.82) is 0 Å². The van der Waals surface area contributed by atoms with Crippen LogP contribution in [0.15, 0.2) is 23.0 Å². The van der Waals surface area contributed by atoms with E-state index in [0.29, 0.717) is 13.1 Å². The van der Waals surface area contributed by atoms with Gasteiger partial charge in [-0.15, -0.1) is 0 Å². The first kappa shape index (κ1) is 14.6. The predicted octanol–water partition coefficient (Wildman–Crippen LogP) is 1.73. The third-order valence-corrected chi connectivity index (χ3v) is 4.14. The standard InChI is InChI=1S/C16H20N4O2/c1-10-5-6-13(15(21)17-10)16(22)20-7-3-4-12(9-20)14-8-11(2)18-19-14/h5-6,8,12H,3-4,7,9H2,1-2H3,(H,17,21)(H,18,19). The summed E-state index contributed by atoms with van der Waals surface area (Å²) in [7, 11) is 0. The summed E-state index contributed by atoms with van der Waals surface area (Å²) in [6.07, 6.45) is 1.93. The molecular weight excluding hydrogens is 280 g/mol. The van der Waals surface area contributed by atoms with Gasteiger partial charge in [-0.2, -0.15) is 5.10 Å². The van der Waals surface area contributed by atoms with Gasteiger partial charge in [-0.1, -0.05) is 0 Å². The van der Waals surface area contributed by atoms with Gasteiger partial charge in [0.1, 0.15) is 5.56 Å². The van der Waals surface area contributed by atoms with E-state index in [1.54, 1.807) is 24.0 Å². The molecule has 0 bridgehead atoms. The lowest BCUT2D eigenvalue weighted by atomic mass is 9.94. The molecule has 1 amide bonds. The molecule has 1 aliphatic rings. The van der Waals surface area contributed by atoms with Gasteiger partial charge < -0.3 is 9.88 Å². The van der Waals surface area contributed by atoms with Gasteiger partial charge in [-0.05, 0) is 44.9 Å². The largest absolute Gasteiger partial charge is 0.338 e. The van der Waals surface area contributed by atoms with E-state index in [9.17, 15) is 9.59 Å².